The Kier molecular flexibility index (Phi) is 6.33. The molecule has 3 rings (SSSR count). The molecule has 1 aliphatic rings. The van der Waals surface area contributed by atoms with Crippen LogP contribution in [0.2, 0.25) is 5.02 Å². The van der Waals surface area contributed by atoms with Gasteiger partial charge in [0.05, 0.1) is 4.90 Å². The van der Waals surface area contributed by atoms with Crippen molar-refractivity contribution in [2.24, 2.45) is 0 Å². The summed E-state index contributed by atoms with van der Waals surface area (Å²) in [5, 5.41) is 0.404. The Morgan fingerprint density at radius 3 is 2.50 bits per heavy atom. The molecule has 2 amide bonds. The Labute approximate surface area is 168 Å². The number of para-hydroxylation sites is 1. The minimum atomic E-state index is -3.91. The van der Waals surface area contributed by atoms with Gasteiger partial charge in [-0.3, -0.25) is 15.0 Å². The smallest absolute Gasteiger partial charge is 0.257 e. The zero-order valence-corrected chi connectivity index (χ0v) is 16.6. The number of amides is 2. The molecule has 0 aliphatic carbocycles. The second-order valence-electron chi connectivity index (χ2n) is 6.39. The van der Waals surface area contributed by atoms with Gasteiger partial charge in [0.2, 0.25) is 11.8 Å². The maximum absolute atomic E-state index is 12.5. The standard InChI is InChI=1S/C19H20ClN3O4S/c20-15-7-9-16(10-8-15)28(26,27)22-21-18(24)11-12-19(25)23-13-3-5-14-4-1-2-6-17(14)23/h1-2,4,6-10,22H,3,5,11-13H2,(H,21,24). The number of sulfonamides is 1. The third-order valence-electron chi connectivity index (χ3n) is 4.43. The number of anilines is 1. The fraction of sp³-hybridized carbons (Fsp3) is 0.263. The monoisotopic (exact) mass is 421 g/mol. The lowest BCUT2D eigenvalue weighted by molar-refractivity contribution is -0.125. The third-order valence-corrected chi connectivity index (χ3v) is 5.94. The number of halogens is 1. The number of carbonyl (C=O) groups is 2. The minimum Gasteiger partial charge on any atom is -0.312 e. The van der Waals surface area contributed by atoms with Gasteiger partial charge in [0.1, 0.15) is 0 Å². The Balaban J connectivity index is 1.52. The molecule has 0 bridgehead atoms. The molecule has 0 atom stereocenters. The molecular weight excluding hydrogens is 402 g/mol. The van der Waals surface area contributed by atoms with E-state index in [1.54, 1.807) is 4.90 Å². The summed E-state index contributed by atoms with van der Waals surface area (Å²) in [7, 11) is -3.91. The Hall–Kier alpha value is -2.42. The van der Waals surface area contributed by atoms with Crippen molar-refractivity contribution in [3.63, 3.8) is 0 Å². The lowest BCUT2D eigenvalue weighted by Gasteiger charge is -2.29. The van der Waals surface area contributed by atoms with E-state index in [4.69, 9.17) is 11.6 Å². The molecule has 0 unspecified atom stereocenters. The number of fused-ring (bicyclic) bond motifs is 1. The van der Waals surface area contributed by atoms with Gasteiger partial charge >= 0.3 is 0 Å². The van der Waals surface area contributed by atoms with Gasteiger partial charge < -0.3 is 4.90 Å². The Morgan fingerprint density at radius 2 is 1.75 bits per heavy atom. The number of rotatable bonds is 6. The molecule has 9 heteroatoms. The van der Waals surface area contributed by atoms with Crippen LogP contribution in [-0.2, 0) is 26.0 Å². The van der Waals surface area contributed by atoms with Crippen LogP contribution in [-0.4, -0.2) is 26.8 Å². The average Bonchev–Trinajstić information content (AvgIpc) is 2.70. The van der Waals surface area contributed by atoms with Crippen LogP contribution >= 0.6 is 11.6 Å². The maximum atomic E-state index is 12.5. The van der Waals surface area contributed by atoms with Crippen molar-refractivity contribution >= 4 is 39.1 Å². The van der Waals surface area contributed by atoms with Gasteiger partial charge in [0.25, 0.3) is 10.0 Å². The molecule has 0 saturated carbocycles. The summed E-state index contributed by atoms with van der Waals surface area (Å²) >= 11 is 5.73. The molecule has 2 aromatic rings. The number of nitrogens with zero attached hydrogens (tertiary/aromatic N) is 1. The molecule has 0 fully saturated rings. The first-order valence-electron chi connectivity index (χ1n) is 8.81. The maximum Gasteiger partial charge on any atom is 0.257 e. The Bertz CT molecular complexity index is 977. The lowest BCUT2D eigenvalue weighted by atomic mass is 10.0. The van der Waals surface area contributed by atoms with Gasteiger partial charge in [0.15, 0.2) is 0 Å². The highest BCUT2D eigenvalue weighted by atomic mass is 35.5. The van der Waals surface area contributed by atoms with Crippen LogP contribution in [0.3, 0.4) is 0 Å². The summed E-state index contributed by atoms with van der Waals surface area (Å²) in [5.74, 6) is -0.751. The molecule has 2 aromatic carbocycles. The van der Waals surface area contributed by atoms with E-state index in [0.717, 1.165) is 24.1 Å². The second-order valence-corrected chi connectivity index (χ2v) is 8.50. The van der Waals surface area contributed by atoms with E-state index in [1.165, 1.54) is 24.3 Å². The summed E-state index contributed by atoms with van der Waals surface area (Å²) in [6.07, 6.45) is 1.66. The van der Waals surface area contributed by atoms with Crippen LogP contribution < -0.4 is 15.2 Å². The molecule has 1 aliphatic heterocycles. The molecule has 7 nitrogen and oxygen atoms in total. The first-order valence-corrected chi connectivity index (χ1v) is 10.7. The fourth-order valence-corrected chi connectivity index (χ4v) is 3.99. The minimum absolute atomic E-state index is 0.0111. The first-order chi connectivity index (χ1) is 13.4. The molecule has 148 valence electrons. The highest BCUT2D eigenvalue weighted by molar-refractivity contribution is 7.89. The number of hydrazine groups is 1. The van der Waals surface area contributed by atoms with E-state index >= 15 is 0 Å². The number of hydrogen-bond acceptors (Lipinski definition) is 4. The van der Waals surface area contributed by atoms with Crippen molar-refractivity contribution in [2.75, 3.05) is 11.4 Å². The van der Waals surface area contributed by atoms with Crippen molar-refractivity contribution in [2.45, 2.75) is 30.6 Å². The predicted molar refractivity (Wildman–Crippen MR) is 106 cm³/mol. The van der Waals surface area contributed by atoms with E-state index in [2.05, 4.69) is 5.43 Å². The highest BCUT2D eigenvalue weighted by Gasteiger charge is 2.22. The molecule has 2 N–H and O–H groups in total. The largest absolute Gasteiger partial charge is 0.312 e. The van der Waals surface area contributed by atoms with Crippen LogP contribution in [0.15, 0.2) is 53.4 Å². The molecule has 28 heavy (non-hydrogen) atoms. The van der Waals surface area contributed by atoms with Gasteiger partial charge in [-0.25, -0.2) is 8.42 Å². The summed E-state index contributed by atoms with van der Waals surface area (Å²) < 4.78 is 24.3. The number of benzene rings is 2. The van der Waals surface area contributed by atoms with Crippen molar-refractivity contribution in [1.82, 2.24) is 10.3 Å². The van der Waals surface area contributed by atoms with Crippen molar-refractivity contribution < 1.29 is 18.0 Å². The Morgan fingerprint density at radius 1 is 1.04 bits per heavy atom. The average molecular weight is 422 g/mol. The highest BCUT2D eigenvalue weighted by Crippen LogP contribution is 2.27. The van der Waals surface area contributed by atoms with Crippen LogP contribution in [0.25, 0.3) is 0 Å². The van der Waals surface area contributed by atoms with E-state index < -0.39 is 15.9 Å². The van der Waals surface area contributed by atoms with Gasteiger partial charge in [-0.2, -0.15) is 0 Å². The zero-order chi connectivity index (χ0) is 20.1. The topological polar surface area (TPSA) is 95.6 Å². The molecular formula is C19H20ClN3O4S. The van der Waals surface area contributed by atoms with Gasteiger partial charge in [-0.05, 0) is 48.7 Å². The number of aryl methyl sites for hydroxylation is 1. The van der Waals surface area contributed by atoms with Gasteiger partial charge in [-0.1, -0.05) is 29.8 Å². The molecule has 0 radical (unpaired) electrons. The predicted octanol–water partition coefficient (Wildman–Crippen LogP) is 2.41. The molecule has 0 spiro atoms. The van der Waals surface area contributed by atoms with Crippen LogP contribution in [0.5, 0.6) is 0 Å². The molecule has 0 aromatic heterocycles. The summed E-state index contributed by atoms with van der Waals surface area (Å²) in [4.78, 5) is 28.2. The summed E-state index contributed by atoms with van der Waals surface area (Å²) in [5.41, 5.74) is 4.12. The van der Waals surface area contributed by atoms with Crippen LogP contribution in [0, 0.1) is 0 Å². The normalized spacial score (nSPS) is 13.7. The van der Waals surface area contributed by atoms with Crippen molar-refractivity contribution in [3.8, 4) is 0 Å². The van der Waals surface area contributed by atoms with Gasteiger partial charge in [0, 0.05) is 30.1 Å². The van der Waals surface area contributed by atoms with Crippen molar-refractivity contribution in [1.29, 1.82) is 0 Å². The number of hydrogen-bond donors (Lipinski definition) is 2. The molecule has 0 saturated heterocycles. The summed E-state index contributed by atoms with van der Waals surface area (Å²) in [6.45, 7) is 0.612. The van der Waals surface area contributed by atoms with E-state index in [-0.39, 0.29) is 23.6 Å². The first kappa shape index (κ1) is 20.3. The van der Waals surface area contributed by atoms with Crippen molar-refractivity contribution in [3.05, 3.63) is 59.1 Å². The number of carbonyl (C=O) groups excluding carboxylic acids is 2. The van der Waals surface area contributed by atoms with E-state index in [9.17, 15) is 18.0 Å². The second kappa shape index (κ2) is 8.72. The quantitative estimate of drug-likeness (QED) is 0.700. The zero-order valence-electron chi connectivity index (χ0n) is 15.0. The fourth-order valence-electron chi connectivity index (χ4n) is 3.01. The van der Waals surface area contributed by atoms with Crippen LogP contribution in [0.1, 0.15) is 24.8 Å². The van der Waals surface area contributed by atoms with Crippen LogP contribution in [0.4, 0.5) is 5.69 Å². The SMILES string of the molecule is O=C(CCC(=O)N1CCCc2ccccc21)NNS(=O)(=O)c1ccc(Cl)cc1. The summed E-state index contributed by atoms with van der Waals surface area (Å²) in [6, 6.07) is 13.2. The lowest BCUT2D eigenvalue weighted by Crippen LogP contribution is -2.42. The number of nitrogens with one attached hydrogen (secondary N) is 2. The third kappa shape index (κ3) is 4.89. The van der Waals surface area contributed by atoms with E-state index in [0.29, 0.717) is 11.6 Å². The van der Waals surface area contributed by atoms with Gasteiger partial charge in [-0.15, -0.1) is 4.83 Å². The molecule has 1 heterocycles. The van der Waals surface area contributed by atoms with E-state index in [1.807, 2.05) is 29.1 Å².